The summed E-state index contributed by atoms with van der Waals surface area (Å²) in [7, 11) is 0. The Kier molecular flexibility index (Phi) is 5.89. The van der Waals surface area contributed by atoms with Crippen molar-refractivity contribution in [3.8, 4) is 0 Å². The van der Waals surface area contributed by atoms with Gasteiger partial charge < -0.3 is 10.0 Å². The minimum absolute atomic E-state index is 0.263. The largest absolute Gasteiger partial charge is 0.406 e. The number of hydrogen-bond donors (Lipinski definition) is 1. The zero-order chi connectivity index (χ0) is 16.0. The van der Waals surface area contributed by atoms with Crippen LogP contribution in [0.3, 0.4) is 0 Å². The fourth-order valence-electron chi connectivity index (χ4n) is 1.69. The highest BCUT2D eigenvalue weighted by atomic mass is 19.4. The summed E-state index contributed by atoms with van der Waals surface area (Å²) >= 11 is 0. The van der Waals surface area contributed by atoms with Crippen molar-refractivity contribution in [2.75, 3.05) is 19.7 Å². The lowest BCUT2D eigenvalue weighted by Gasteiger charge is -2.22. The zero-order valence-corrected chi connectivity index (χ0v) is 11.4. The number of amides is 1. The summed E-state index contributed by atoms with van der Waals surface area (Å²) in [5.41, 5.74) is -0.696. The smallest absolute Gasteiger partial charge is 0.395 e. The molecule has 0 bridgehead atoms. The lowest BCUT2D eigenvalue weighted by molar-refractivity contribution is -0.141. The molecule has 9 heteroatoms. The normalized spacial score (nSPS) is 11.5. The van der Waals surface area contributed by atoms with E-state index in [1.54, 1.807) is 6.92 Å². The lowest BCUT2D eigenvalue weighted by Crippen LogP contribution is -2.41. The van der Waals surface area contributed by atoms with Crippen LogP contribution in [0.15, 0.2) is 16.9 Å². The van der Waals surface area contributed by atoms with Crippen LogP contribution in [-0.2, 0) is 6.54 Å². The molecule has 1 N–H and O–H groups in total. The number of hydrogen-bond acceptors (Lipinski definition) is 4. The van der Waals surface area contributed by atoms with Crippen LogP contribution in [0.5, 0.6) is 0 Å². The zero-order valence-electron chi connectivity index (χ0n) is 11.4. The van der Waals surface area contributed by atoms with E-state index in [2.05, 4.69) is 5.10 Å². The molecule has 0 aromatic carbocycles. The van der Waals surface area contributed by atoms with E-state index in [4.69, 9.17) is 5.11 Å². The van der Waals surface area contributed by atoms with Gasteiger partial charge in [0.15, 0.2) is 0 Å². The average Bonchev–Trinajstić information content (AvgIpc) is 2.39. The number of halogens is 3. The Labute approximate surface area is 118 Å². The quantitative estimate of drug-likeness (QED) is 0.837. The molecule has 1 rings (SSSR count). The van der Waals surface area contributed by atoms with Crippen LogP contribution < -0.4 is 5.56 Å². The minimum atomic E-state index is -4.58. The lowest BCUT2D eigenvalue weighted by atomic mass is 10.3. The van der Waals surface area contributed by atoms with Crippen LogP contribution in [0.4, 0.5) is 13.2 Å². The van der Waals surface area contributed by atoms with E-state index in [0.717, 1.165) is 16.8 Å². The van der Waals surface area contributed by atoms with Crippen LogP contribution in [0, 0.1) is 0 Å². The van der Waals surface area contributed by atoms with Gasteiger partial charge in [-0.15, -0.1) is 0 Å². The van der Waals surface area contributed by atoms with Gasteiger partial charge in [-0.25, -0.2) is 4.68 Å². The van der Waals surface area contributed by atoms with E-state index >= 15 is 0 Å². The molecule has 0 radical (unpaired) electrons. The minimum Gasteiger partial charge on any atom is -0.395 e. The van der Waals surface area contributed by atoms with Crippen molar-refractivity contribution in [1.29, 1.82) is 0 Å². The number of aryl methyl sites for hydroxylation is 1. The molecule has 0 fully saturated rings. The van der Waals surface area contributed by atoms with Gasteiger partial charge in [0.1, 0.15) is 12.2 Å². The number of nitrogens with zero attached hydrogens (tertiary/aromatic N) is 3. The van der Waals surface area contributed by atoms with E-state index in [0.29, 0.717) is 11.3 Å². The first-order valence-corrected chi connectivity index (χ1v) is 6.33. The van der Waals surface area contributed by atoms with E-state index in [1.807, 2.05) is 0 Å². The maximum absolute atomic E-state index is 12.4. The molecular weight excluding hydrogens is 291 g/mol. The van der Waals surface area contributed by atoms with Crippen molar-refractivity contribution in [1.82, 2.24) is 14.7 Å². The second kappa shape index (κ2) is 7.21. The number of aliphatic hydroxyl groups is 1. The van der Waals surface area contributed by atoms with Crippen LogP contribution >= 0.6 is 0 Å². The van der Waals surface area contributed by atoms with Gasteiger partial charge >= 0.3 is 6.18 Å². The van der Waals surface area contributed by atoms with Crippen molar-refractivity contribution >= 4 is 5.91 Å². The Hall–Kier alpha value is -1.90. The van der Waals surface area contributed by atoms with Gasteiger partial charge in [0.25, 0.3) is 11.5 Å². The topological polar surface area (TPSA) is 75.4 Å². The second-order valence-corrected chi connectivity index (χ2v) is 4.35. The van der Waals surface area contributed by atoms with Gasteiger partial charge in [0.2, 0.25) is 0 Å². The predicted octanol–water partition coefficient (Wildman–Crippen LogP) is 0.650. The Bertz CT molecular complexity index is 543. The first-order valence-electron chi connectivity index (χ1n) is 6.33. The molecule has 0 unspecified atom stereocenters. The first kappa shape index (κ1) is 17.2. The summed E-state index contributed by atoms with van der Waals surface area (Å²) < 4.78 is 38.3. The summed E-state index contributed by atoms with van der Waals surface area (Å²) in [6.07, 6.45) is -3.99. The molecule has 1 heterocycles. The number of rotatable bonds is 6. The van der Waals surface area contributed by atoms with E-state index in [1.165, 1.54) is 0 Å². The summed E-state index contributed by atoms with van der Waals surface area (Å²) in [4.78, 5) is 23.9. The summed E-state index contributed by atoms with van der Waals surface area (Å²) in [5, 5.41) is 12.5. The van der Waals surface area contributed by atoms with Crippen molar-refractivity contribution in [2.45, 2.75) is 26.1 Å². The molecule has 0 aliphatic carbocycles. The molecule has 6 nitrogen and oxygen atoms in total. The summed E-state index contributed by atoms with van der Waals surface area (Å²) in [5.74, 6) is -0.980. The standard InChI is InChI=1S/C12H16F3N3O3/c1-2-5-18-10(20)4-3-9(16-18)11(21)17(6-7-19)8-12(13,14)15/h3-4,19H,2,5-8H2,1H3. The monoisotopic (exact) mass is 307 g/mol. The highest BCUT2D eigenvalue weighted by Crippen LogP contribution is 2.17. The number of aliphatic hydroxyl groups excluding tert-OH is 1. The fourth-order valence-corrected chi connectivity index (χ4v) is 1.69. The number of alkyl halides is 3. The predicted molar refractivity (Wildman–Crippen MR) is 67.8 cm³/mol. The van der Waals surface area contributed by atoms with Crippen LogP contribution in [0.25, 0.3) is 0 Å². The van der Waals surface area contributed by atoms with Gasteiger partial charge in [0.05, 0.1) is 6.61 Å². The molecule has 0 aliphatic rings. The third-order valence-electron chi connectivity index (χ3n) is 2.55. The molecule has 0 atom stereocenters. The molecule has 21 heavy (non-hydrogen) atoms. The third kappa shape index (κ3) is 5.18. The number of carbonyl (C=O) groups excluding carboxylic acids is 1. The Morgan fingerprint density at radius 1 is 1.43 bits per heavy atom. The van der Waals surface area contributed by atoms with E-state index in [-0.39, 0.29) is 12.2 Å². The van der Waals surface area contributed by atoms with E-state index in [9.17, 15) is 22.8 Å². The Morgan fingerprint density at radius 2 is 2.10 bits per heavy atom. The van der Waals surface area contributed by atoms with Gasteiger partial charge in [0, 0.05) is 19.2 Å². The van der Waals surface area contributed by atoms with Gasteiger partial charge in [-0.2, -0.15) is 18.3 Å². The van der Waals surface area contributed by atoms with Crippen LogP contribution in [0.2, 0.25) is 0 Å². The number of aromatic nitrogens is 2. The molecule has 1 aromatic rings. The fraction of sp³-hybridized carbons (Fsp3) is 0.583. The van der Waals surface area contributed by atoms with Crippen LogP contribution in [0.1, 0.15) is 23.8 Å². The molecular formula is C12H16F3N3O3. The molecule has 0 saturated heterocycles. The Balaban J connectivity index is 3.03. The van der Waals surface area contributed by atoms with E-state index < -0.39 is 37.3 Å². The molecule has 0 aliphatic heterocycles. The van der Waals surface area contributed by atoms with Crippen LogP contribution in [-0.4, -0.2) is 51.6 Å². The maximum atomic E-state index is 12.4. The molecule has 118 valence electrons. The maximum Gasteiger partial charge on any atom is 0.406 e. The van der Waals surface area contributed by atoms with Crippen molar-refractivity contribution in [3.63, 3.8) is 0 Å². The van der Waals surface area contributed by atoms with Crippen molar-refractivity contribution < 1.29 is 23.1 Å². The highest BCUT2D eigenvalue weighted by Gasteiger charge is 2.33. The molecule has 0 saturated carbocycles. The summed E-state index contributed by atoms with van der Waals surface area (Å²) in [6, 6.07) is 2.16. The molecule has 1 aromatic heterocycles. The Morgan fingerprint density at radius 3 is 2.62 bits per heavy atom. The van der Waals surface area contributed by atoms with Gasteiger partial charge in [-0.1, -0.05) is 6.92 Å². The summed E-state index contributed by atoms with van der Waals surface area (Å²) in [6.45, 7) is -0.492. The highest BCUT2D eigenvalue weighted by molar-refractivity contribution is 5.92. The van der Waals surface area contributed by atoms with Crippen molar-refractivity contribution in [2.24, 2.45) is 0 Å². The van der Waals surface area contributed by atoms with Gasteiger partial charge in [-0.05, 0) is 12.5 Å². The second-order valence-electron chi connectivity index (χ2n) is 4.35. The molecule has 0 spiro atoms. The van der Waals surface area contributed by atoms with Gasteiger partial charge in [-0.3, -0.25) is 9.59 Å². The third-order valence-corrected chi connectivity index (χ3v) is 2.55. The number of carbonyl (C=O) groups is 1. The molecule has 1 amide bonds. The first-order chi connectivity index (χ1) is 9.78. The average molecular weight is 307 g/mol. The van der Waals surface area contributed by atoms with Crippen molar-refractivity contribution in [3.05, 3.63) is 28.2 Å². The SMILES string of the molecule is CCCn1nc(C(=O)N(CCO)CC(F)(F)F)ccc1=O.